The van der Waals surface area contributed by atoms with E-state index in [0.29, 0.717) is 24.5 Å². The number of carbonyl (C=O) groups is 2. The molecule has 2 N–H and O–H groups in total. The highest BCUT2D eigenvalue weighted by Crippen LogP contribution is 2.23. The van der Waals surface area contributed by atoms with Gasteiger partial charge in [-0.1, -0.05) is 42.5 Å². The van der Waals surface area contributed by atoms with Crippen molar-refractivity contribution >= 4 is 17.4 Å². The second-order valence-corrected chi connectivity index (χ2v) is 8.66. The first-order valence-electron chi connectivity index (χ1n) is 12.2. The van der Waals surface area contributed by atoms with E-state index in [9.17, 15) is 18.0 Å². The smallest absolute Gasteiger partial charge is 0.475 e. The largest absolute Gasteiger partial charge is 0.490 e. The predicted molar refractivity (Wildman–Crippen MR) is 141 cm³/mol. The van der Waals surface area contributed by atoms with Gasteiger partial charge in [0.05, 0.1) is 5.52 Å². The van der Waals surface area contributed by atoms with E-state index in [0.717, 1.165) is 29.3 Å². The Morgan fingerprint density at radius 2 is 1.68 bits per heavy atom. The molecule has 0 aliphatic carbocycles. The van der Waals surface area contributed by atoms with Gasteiger partial charge in [0.1, 0.15) is 11.5 Å². The minimum absolute atomic E-state index is 0.207. The number of carbonyl (C=O) groups excluding carboxylic acids is 1. The fourth-order valence-corrected chi connectivity index (χ4v) is 3.88. The lowest BCUT2D eigenvalue weighted by Crippen LogP contribution is -2.26. The molecule has 1 aromatic carbocycles. The molecule has 0 aliphatic heterocycles. The van der Waals surface area contributed by atoms with Crippen LogP contribution in [0.15, 0.2) is 85.3 Å². The van der Waals surface area contributed by atoms with Crippen molar-refractivity contribution in [2.45, 2.75) is 26.1 Å². The third kappa shape index (κ3) is 6.90. The zero-order chi connectivity index (χ0) is 28.7. The Labute approximate surface area is 227 Å². The fraction of sp³-hybridized carbons (Fsp3) is 0.179. The molecule has 0 spiro atoms. The minimum atomic E-state index is -5.08. The van der Waals surface area contributed by atoms with Gasteiger partial charge in [0.2, 0.25) is 0 Å². The molecule has 12 heteroatoms. The molecule has 0 aliphatic rings. The Kier molecular flexibility index (Phi) is 8.57. The SMILES string of the molecule is Cc1nc(-c2nc(C(=O)NCCc3ccccn3)c3ccccn23)cn1Cc1ccccc1.O=C(O)C(F)(F)F. The summed E-state index contributed by atoms with van der Waals surface area (Å²) in [7, 11) is 0. The molecule has 0 fully saturated rings. The summed E-state index contributed by atoms with van der Waals surface area (Å²) in [5.74, 6) is -1.42. The van der Waals surface area contributed by atoms with Gasteiger partial charge in [0, 0.05) is 43.8 Å². The number of nitrogens with zero attached hydrogens (tertiary/aromatic N) is 5. The average Bonchev–Trinajstić information content (AvgIpc) is 3.50. The van der Waals surface area contributed by atoms with Gasteiger partial charge in [-0.2, -0.15) is 13.2 Å². The van der Waals surface area contributed by atoms with Gasteiger partial charge < -0.3 is 15.0 Å². The lowest BCUT2D eigenvalue weighted by molar-refractivity contribution is -0.192. The van der Waals surface area contributed by atoms with E-state index in [1.807, 2.05) is 78.3 Å². The van der Waals surface area contributed by atoms with E-state index in [4.69, 9.17) is 19.9 Å². The topological polar surface area (TPSA) is 114 Å². The third-order valence-electron chi connectivity index (χ3n) is 5.80. The number of amides is 1. The predicted octanol–water partition coefficient (Wildman–Crippen LogP) is 4.56. The molecule has 0 radical (unpaired) electrons. The van der Waals surface area contributed by atoms with Crippen molar-refractivity contribution in [3.8, 4) is 11.5 Å². The molecular formula is C28H25F3N6O3. The van der Waals surface area contributed by atoms with Crippen LogP contribution in [-0.4, -0.2) is 53.6 Å². The molecule has 0 saturated carbocycles. The molecule has 0 saturated heterocycles. The highest BCUT2D eigenvalue weighted by atomic mass is 19.4. The molecule has 0 atom stereocenters. The molecule has 4 aromatic heterocycles. The number of hydrogen-bond acceptors (Lipinski definition) is 5. The van der Waals surface area contributed by atoms with Gasteiger partial charge >= 0.3 is 12.1 Å². The number of hydrogen-bond donors (Lipinski definition) is 2. The fourth-order valence-electron chi connectivity index (χ4n) is 3.88. The van der Waals surface area contributed by atoms with Gasteiger partial charge in [-0.15, -0.1) is 0 Å². The lowest BCUT2D eigenvalue weighted by Gasteiger charge is -2.04. The summed E-state index contributed by atoms with van der Waals surface area (Å²) in [6, 6.07) is 21.8. The summed E-state index contributed by atoms with van der Waals surface area (Å²) in [5, 5.41) is 10.1. The second kappa shape index (κ2) is 12.2. The quantitative estimate of drug-likeness (QED) is 0.307. The van der Waals surface area contributed by atoms with Crippen molar-refractivity contribution in [1.29, 1.82) is 0 Å². The summed E-state index contributed by atoms with van der Waals surface area (Å²) in [6.07, 6.45) is 1.24. The Balaban J connectivity index is 0.000000470. The van der Waals surface area contributed by atoms with Crippen LogP contribution in [0, 0.1) is 6.92 Å². The van der Waals surface area contributed by atoms with Crippen LogP contribution in [0.2, 0.25) is 0 Å². The zero-order valence-corrected chi connectivity index (χ0v) is 21.3. The van der Waals surface area contributed by atoms with Gasteiger partial charge in [-0.25, -0.2) is 14.8 Å². The minimum Gasteiger partial charge on any atom is -0.475 e. The van der Waals surface area contributed by atoms with E-state index in [1.165, 1.54) is 5.56 Å². The maximum atomic E-state index is 13.0. The summed E-state index contributed by atoms with van der Waals surface area (Å²) < 4.78 is 35.8. The second-order valence-electron chi connectivity index (χ2n) is 8.66. The van der Waals surface area contributed by atoms with E-state index in [1.54, 1.807) is 6.20 Å². The molecule has 0 bridgehead atoms. The number of halogens is 3. The molecule has 206 valence electrons. The third-order valence-corrected chi connectivity index (χ3v) is 5.80. The van der Waals surface area contributed by atoms with Crippen LogP contribution >= 0.6 is 0 Å². The summed E-state index contributed by atoms with van der Waals surface area (Å²) in [5.41, 5.74) is 4.01. The number of carboxylic acid groups (broad SMARTS) is 1. The molecular weight excluding hydrogens is 525 g/mol. The van der Waals surface area contributed by atoms with Crippen molar-refractivity contribution in [1.82, 2.24) is 29.2 Å². The number of benzene rings is 1. The van der Waals surface area contributed by atoms with Crippen LogP contribution in [0.1, 0.15) is 27.6 Å². The number of aromatic nitrogens is 5. The number of aliphatic carboxylic acids is 1. The Morgan fingerprint density at radius 1 is 0.975 bits per heavy atom. The Bertz CT molecular complexity index is 1600. The number of alkyl halides is 3. The van der Waals surface area contributed by atoms with Crippen LogP contribution < -0.4 is 5.32 Å². The Hall–Kier alpha value is -5.00. The first-order valence-corrected chi connectivity index (χ1v) is 12.2. The number of fused-ring (bicyclic) bond motifs is 1. The molecule has 4 heterocycles. The summed E-state index contributed by atoms with van der Waals surface area (Å²) >= 11 is 0. The number of carboxylic acids is 1. The number of imidazole rings is 2. The molecule has 0 unspecified atom stereocenters. The molecule has 5 rings (SSSR count). The van der Waals surface area contributed by atoms with Crippen molar-refractivity contribution in [2.75, 3.05) is 6.54 Å². The monoisotopic (exact) mass is 550 g/mol. The normalized spacial score (nSPS) is 11.1. The van der Waals surface area contributed by atoms with Crippen molar-refractivity contribution < 1.29 is 27.9 Å². The molecule has 9 nitrogen and oxygen atoms in total. The number of pyridine rings is 2. The van der Waals surface area contributed by atoms with Gasteiger partial charge in [0.25, 0.3) is 5.91 Å². The van der Waals surface area contributed by atoms with E-state index in [2.05, 4.69) is 27.0 Å². The number of aryl methyl sites for hydroxylation is 1. The van der Waals surface area contributed by atoms with E-state index in [-0.39, 0.29) is 5.91 Å². The molecule has 40 heavy (non-hydrogen) atoms. The maximum absolute atomic E-state index is 13.0. The van der Waals surface area contributed by atoms with Gasteiger partial charge in [-0.3, -0.25) is 14.2 Å². The van der Waals surface area contributed by atoms with Crippen molar-refractivity contribution in [3.05, 3.63) is 108 Å². The number of rotatable bonds is 7. The van der Waals surface area contributed by atoms with Crippen LogP contribution in [-0.2, 0) is 17.8 Å². The highest BCUT2D eigenvalue weighted by molar-refractivity contribution is 6.00. The van der Waals surface area contributed by atoms with E-state index < -0.39 is 12.1 Å². The van der Waals surface area contributed by atoms with Crippen LogP contribution in [0.25, 0.3) is 17.0 Å². The van der Waals surface area contributed by atoms with Gasteiger partial charge in [-0.05, 0) is 36.8 Å². The summed E-state index contributed by atoms with van der Waals surface area (Å²) in [4.78, 5) is 35.6. The van der Waals surface area contributed by atoms with Crippen LogP contribution in [0.4, 0.5) is 13.2 Å². The number of nitrogens with one attached hydrogen (secondary N) is 1. The highest BCUT2D eigenvalue weighted by Gasteiger charge is 2.38. The molecule has 5 aromatic rings. The van der Waals surface area contributed by atoms with Crippen molar-refractivity contribution in [3.63, 3.8) is 0 Å². The van der Waals surface area contributed by atoms with Crippen molar-refractivity contribution in [2.24, 2.45) is 0 Å². The zero-order valence-electron chi connectivity index (χ0n) is 21.3. The van der Waals surface area contributed by atoms with Crippen LogP contribution in [0.3, 0.4) is 0 Å². The standard InChI is InChI=1S/C26H24N6O.C2HF3O2/c1-19-29-22(18-31(19)17-20-9-3-2-4-10-20)25-30-24(23-12-6-8-16-32(23)25)26(33)28-15-13-21-11-5-7-14-27-21;3-2(4,5)1(6)7/h2-12,14,16,18H,13,15,17H2,1H3,(H,28,33);(H,6,7). The average molecular weight is 551 g/mol. The maximum Gasteiger partial charge on any atom is 0.490 e. The Morgan fingerprint density at radius 3 is 2.35 bits per heavy atom. The first kappa shape index (κ1) is 28.0. The summed E-state index contributed by atoms with van der Waals surface area (Å²) in [6.45, 7) is 3.19. The first-order chi connectivity index (χ1) is 19.1. The van der Waals surface area contributed by atoms with Crippen LogP contribution in [0.5, 0.6) is 0 Å². The molecule has 1 amide bonds. The van der Waals surface area contributed by atoms with Gasteiger partial charge in [0.15, 0.2) is 11.5 Å². The lowest BCUT2D eigenvalue weighted by atomic mass is 10.2. The van der Waals surface area contributed by atoms with E-state index >= 15 is 0 Å².